The summed E-state index contributed by atoms with van der Waals surface area (Å²) < 4.78 is 5.15. The van der Waals surface area contributed by atoms with E-state index in [4.69, 9.17) is 4.74 Å². The van der Waals surface area contributed by atoms with Crippen molar-refractivity contribution in [3.63, 3.8) is 0 Å². The van der Waals surface area contributed by atoms with Crippen LogP contribution in [0.5, 0.6) is 5.75 Å². The van der Waals surface area contributed by atoms with Crippen LogP contribution in [0.25, 0.3) is 0 Å². The molecule has 5 nitrogen and oxygen atoms in total. The molecule has 2 aromatic rings. The lowest BCUT2D eigenvalue weighted by Crippen LogP contribution is -2.32. The second-order valence-electron chi connectivity index (χ2n) is 6.19. The van der Waals surface area contributed by atoms with E-state index in [9.17, 15) is 14.7 Å². The van der Waals surface area contributed by atoms with Crippen LogP contribution in [-0.2, 0) is 16.0 Å². The molecule has 1 N–H and O–H groups in total. The van der Waals surface area contributed by atoms with E-state index in [-0.39, 0.29) is 12.3 Å². The number of carbonyl (C=O) groups is 2. The topological polar surface area (TPSA) is 66.8 Å². The normalized spacial score (nSPS) is 19.9. The quantitative estimate of drug-likeness (QED) is 0.879. The van der Waals surface area contributed by atoms with Gasteiger partial charge in [0, 0.05) is 13.0 Å². The Morgan fingerprint density at radius 1 is 1.16 bits per heavy atom. The Labute approximate surface area is 146 Å². The number of likely N-dealkylation sites (tertiary alicyclic amines) is 1. The molecule has 1 heterocycles. The van der Waals surface area contributed by atoms with Gasteiger partial charge in [-0.1, -0.05) is 42.5 Å². The maximum atomic E-state index is 12.4. The van der Waals surface area contributed by atoms with Gasteiger partial charge in [0.2, 0.25) is 5.91 Å². The molecular formula is C20H21NO4. The van der Waals surface area contributed by atoms with E-state index in [1.54, 1.807) is 12.0 Å². The van der Waals surface area contributed by atoms with Gasteiger partial charge in [-0.3, -0.25) is 9.59 Å². The minimum absolute atomic E-state index is 0.0531. The van der Waals surface area contributed by atoms with Crippen molar-refractivity contribution in [1.29, 1.82) is 0 Å². The van der Waals surface area contributed by atoms with Crippen LogP contribution in [0.4, 0.5) is 0 Å². The first-order valence-corrected chi connectivity index (χ1v) is 8.30. The number of ether oxygens (including phenoxy) is 1. The van der Waals surface area contributed by atoms with Gasteiger partial charge < -0.3 is 14.7 Å². The molecule has 3 rings (SSSR count). The van der Waals surface area contributed by atoms with Crippen LogP contribution in [0.2, 0.25) is 0 Å². The number of nitrogens with zero attached hydrogens (tertiary/aromatic N) is 1. The lowest BCUT2D eigenvalue weighted by atomic mass is 9.93. The Morgan fingerprint density at radius 2 is 1.84 bits per heavy atom. The smallest absolute Gasteiger partial charge is 0.309 e. The van der Waals surface area contributed by atoms with Crippen molar-refractivity contribution in [2.45, 2.75) is 18.9 Å². The summed E-state index contributed by atoms with van der Waals surface area (Å²) in [6.07, 6.45) is 0.725. The van der Waals surface area contributed by atoms with E-state index in [1.807, 2.05) is 54.6 Å². The highest BCUT2D eigenvalue weighted by atomic mass is 16.5. The summed E-state index contributed by atoms with van der Waals surface area (Å²) >= 11 is 0. The number of aliphatic carboxylic acids is 1. The summed E-state index contributed by atoms with van der Waals surface area (Å²) in [5, 5.41) is 9.53. The molecule has 0 radical (unpaired) electrons. The van der Waals surface area contributed by atoms with Gasteiger partial charge in [0.25, 0.3) is 0 Å². The van der Waals surface area contributed by atoms with E-state index in [0.29, 0.717) is 13.0 Å². The van der Waals surface area contributed by atoms with Gasteiger partial charge in [0.05, 0.1) is 19.1 Å². The van der Waals surface area contributed by atoms with Crippen LogP contribution in [0.3, 0.4) is 0 Å². The van der Waals surface area contributed by atoms with Crippen LogP contribution < -0.4 is 4.74 Å². The Hall–Kier alpha value is -2.82. The van der Waals surface area contributed by atoms with Crippen LogP contribution in [0, 0.1) is 5.92 Å². The molecule has 25 heavy (non-hydrogen) atoms. The zero-order valence-electron chi connectivity index (χ0n) is 14.1. The van der Waals surface area contributed by atoms with Crippen molar-refractivity contribution in [3.05, 3.63) is 65.7 Å². The molecular weight excluding hydrogens is 318 g/mol. The number of hydrogen-bond donors (Lipinski definition) is 1. The number of rotatable bonds is 6. The van der Waals surface area contributed by atoms with Gasteiger partial charge in [-0.15, -0.1) is 0 Å². The lowest BCUT2D eigenvalue weighted by Gasteiger charge is -2.27. The van der Waals surface area contributed by atoms with Gasteiger partial charge >= 0.3 is 5.97 Å². The highest BCUT2D eigenvalue weighted by Crippen LogP contribution is 2.38. The van der Waals surface area contributed by atoms with Gasteiger partial charge in [-0.2, -0.15) is 0 Å². The Kier molecular flexibility index (Phi) is 5.03. The van der Waals surface area contributed by atoms with Crippen molar-refractivity contribution in [2.75, 3.05) is 13.7 Å². The molecule has 5 heteroatoms. The average molecular weight is 339 g/mol. The molecule has 0 aromatic heterocycles. The van der Waals surface area contributed by atoms with Gasteiger partial charge in [0.1, 0.15) is 5.75 Å². The predicted octanol–water partition coefficient (Wildman–Crippen LogP) is 2.91. The first-order valence-electron chi connectivity index (χ1n) is 8.30. The van der Waals surface area contributed by atoms with Gasteiger partial charge in [0.15, 0.2) is 0 Å². The minimum atomic E-state index is -0.922. The van der Waals surface area contributed by atoms with E-state index < -0.39 is 17.9 Å². The summed E-state index contributed by atoms with van der Waals surface area (Å²) in [6, 6.07) is 16.7. The summed E-state index contributed by atoms with van der Waals surface area (Å²) in [7, 11) is 1.62. The fraction of sp³-hybridized carbons (Fsp3) is 0.300. The molecule has 1 amide bonds. The maximum Gasteiger partial charge on any atom is 0.309 e. The standard InChI is InChI=1S/C20H21NO4/c1-25-16-9-7-14(8-10-16)11-12-21-18(22)13-17(20(23)24)19(21)15-5-3-2-4-6-15/h2-10,17,19H,11-13H2,1H3,(H,23,24). The molecule has 130 valence electrons. The van der Waals surface area contributed by atoms with Gasteiger partial charge in [-0.25, -0.2) is 0 Å². The van der Waals surface area contributed by atoms with Crippen molar-refractivity contribution >= 4 is 11.9 Å². The molecule has 1 aliphatic rings. The van der Waals surface area contributed by atoms with Crippen molar-refractivity contribution < 1.29 is 19.4 Å². The highest BCUT2D eigenvalue weighted by Gasteiger charge is 2.44. The largest absolute Gasteiger partial charge is 0.497 e. The number of carbonyl (C=O) groups excluding carboxylic acids is 1. The van der Waals surface area contributed by atoms with Crippen LogP contribution in [-0.4, -0.2) is 35.5 Å². The fourth-order valence-corrected chi connectivity index (χ4v) is 3.38. The number of carboxylic acid groups (broad SMARTS) is 1. The Bertz CT molecular complexity index is 742. The lowest BCUT2D eigenvalue weighted by molar-refractivity contribution is -0.142. The second-order valence-corrected chi connectivity index (χ2v) is 6.19. The van der Waals surface area contributed by atoms with E-state index in [2.05, 4.69) is 0 Å². The van der Waals surface area contributed by atoms with E-state index >= 15 is 0 Å². The number of hydrogen-bond acceptors (Lipinski definition) is 3. The van der Waals surface area contributed by atoms with E-state index in [1.165, 1.54) is 0 Å². The van der Waals surface area contributed by atoms with Crippen LogP contribution in [0.1, 0.15) is 23.6 Å². The first-order chi connectivity index (χ1) is 12.1. The Morgan fingerprint density at radius 3 is 2.44 bits per heavy atom. The first kappa shape index (κ1) is 17.0. The molecule has 1 fully saturated rings. The minimum Gasteiger partial charge on any atom is -0.497 e. The predicted molar refractivity (Wildman–Crippen MR) is 93.3 cm³/mol. The average Bonchev–Trinajstić information content (AvgIpc) is 2.98. The summed E-state index contributed by atoms with van der Waals surface area (Å²) in [4.78, 5) is 25.8. The van der Waals surface area contributed by atoms with Crippen molar-refractivity contribution in [1.82, 2.24) is 4.90 Å². The van der Waals surface area contributed by atoms with Gasteiger partial charge in [-0.05, 0) is 29.7 Å². The molecule has 1 saturated heterocycles. The summed E-state index contributed by atoms with van der Waals surface area (Å²) in [5.74, 6) is -0.941. The molecule has 1 aliphatic heterocycles. The molecule has 2 unspecified atom stereocenters. The fourth-order valence-electron chi connectivity index (χ4n) is 3.38. The zero-order valence-corrected chi connectivity index (χ0v) is 14.1. The van der Waals surface area contributed by atoms with E-state index in [0.717, 1.165) is 16.9 Å². The zero-order chi connectivity index (χ0) is 17.8. The van der Waals surface area contributed by atoms with Crippen LogP contribution in [0.15, 0.2) is 54.6 Å². The maximum absolute atomic E-state index is 12.4. The molecule has 0 saturated carbocycles. The molecule has 0 aliphatic carbocycles. The highest BCUT2D eigenvalue weighted by molar-refractivity contribution is 5.87. The SMILES string of the molecule is COc1ccc(CCN2C(=O)CC(C(=O)O)C2c2ccccc2)cc1. The summed E-state index contributed by atoms with van der Waals surface area (Å²) in [6.45, 7) is 0.495. The monoisotopic (exact) mass is 339 g/mol. The number of carboxylic acids is 1. The third kappa shape index (κ3) is 3.65. The number of benzene rings is 2. The molecule has 2 atom stereocenters. The Balaban J connectivity index is 1.79. The molecule has 0 bridgehead atoms. The third-order valence-electron chi connectivity index (χ3n) is 4.69. The number of methoxy groups -OCH3 is 1. The third-order valence-corrected chi connectivity index (χ3v) is 4.69. The number of amides is 1. The molecule has 0 spiro atoms. The second kappa shape index (κ2) is 7.38. The van der Waals surface area contributed by atoms with Crippen LogP contribution >= 0.6 is 0 Å². The molecule has 2 aromatic carbocycles. The van der Waals surface area contributed by atoms with Crippen molar-refractivity contribution in [3.8, 4) is 5.75 Å². The van der Waals surface area contributed by atoms with Crippen molar-refractivity contribution in [2.24, 2.45) is 5.92 Å². The summed E-state index contributed by atoms with van der Waals surface area (Å²) in [5.41, 5.74) is 1.95.